The van der Waals surface area contributed by atoms with Crippen LogP contribution in [0, 0.1) is 0 Å². The van der Waals surface area contributed by atoms with Crippen molar-refractivity contribution in [3.63, 3.8) is 0 Å². The summed E-state index contributed by atoms with van der Waals surface area (Å²) < 4.78 is 40.8. The number of thioether (sulfide) groups is 1. The molecule has 1 aliphatic rings. The predicted octanol–water partition coefficient (Wildman–Crippen LogP) is 4.56. The minimum Gasteiger partial charge on any atom is -0.406 e. The van der Waals surface area contributed by atoms with Crippen LogP contribution in [0.1, 0.15) is 22.3 Å². The SMILES string of the molecule is O=C(CN1CCC1)Nc1cc(CSc2ncccc2C(=O)Nc2ccc(OC(F)(F)F)cc2)ccn1. The Morgan fingerprint density at radius 2 is 1.81 bits per heavy atom. The Morgan fingerprint density at radius 1 is 1.03 bits per heavy atom. The van der Waals surface area contributed by atoms with Crippen molar-refractivity contribution < 1.29 is 27.5 Å². The lowest BCUT2D eigenvalue weighted by molar-refractivity contribution is -0.274. The van der Waals surface area contributed by atoms with E-state index in [0.29, 0.717) is 34.4 Å². The predicted molar refractivity (Wildman–Crippen MR) is 129 cm³/mol. The topological polar surface area (TPSA) is 96.5 Å². The zero-order valence-corrected chi connectivity index (χ0v) is 19.7. The number of carbonyl (C=O) groups excluding carboxylic acids is 2. The molecular formula is C24H22F3N5O3S. The number of ether oxygens (including phenoxy) is 1. The van der Waals surface area contributed by atoms with Crippen molar-refractivity contribution in [2.75, 3.05) is 30.3 Å². The number of hydrogen-bond acceptors (Lipinski definition) is 7. The van der Waals surface area contributed by atoms with Gasteiger partial charge in [-0.1, -0.05) is 0 Å². The molecule has 1 aromatic carbocycles. The molecule has 3 heterocycles. The highest BCUT2D eigenvalue weighted by molar-refractivity contribution is 7.98. The average Bonchev–Trinajstić information content (AvgIpc) is 2.81. The molecule has 1 saturated heterocycles. The molecule has 0 radical (unpaired) electrons. The fourth-order valence-corrected chi connectivity index (χ4v) is 4.26. The van der Waals surface area contributed by atoms with Crippen LogP contribution in [0.4, 0.5) is 24.7 Å². The zero-order valence-electron chi connectivity index (χ0n) is 18.9. The van der Waals surface area contributed by atoms with E-state index in [-0.39, 0.29) is 11.7 Å². The van der Waals surface area contributed by atoms with E-state index in [2.05, 4.69) is 25.3 Å². The number of benzene rings is 1. The van der Waals surface area contributed by atoms with Crippen LogP contribution in [0.2, 0.25) is 0 Å². The number of nitrogens with one attached hydrogen (secondary N) is 2. The summed E-state index contributed by atoms with van der Waals surface area (Å²) in [5, 5.41) is 5.93. The van der Waals surface area contributed by atoms with Gasteiger partial charge in [0.05, 0.1) is 12.1 Å². The largest absolute Gasteiger partial charge is 0.573 e. The maximum Gasteiger partial charge on any atom is 0.573 e. The van der Waals surface area contributed by atoms with Gasteiger partial charge in [0.15, 0.2) is 0 Å². The normalized spacial score (nSPS) is 13.5. The van der Waals surface area contributed by atoms with Crippen LogP contribution in [0.5, 0.6) is 5.75 Å². The number of likely N-dealkylation sites (tertiary alicyclic amines) is 1. The molecule has 3 aromatic rings. The van der Waals surface area contributed by atoms with Crippen LogP contribution in [-0.4, -0.2) is 52.7 Å². The molecule has 2 amide bonds. The van der Waals surface area contributed by atoms with Gasteiger partial charge >= 0.3 is 6.36 Å². The van der Waals surface area contributed by atoms with Crippen molar-refractivity contribution >= 4 is 35.1 Å². The molecule has 0 spiro atoms. The lowest BCUT2D eigenvalue weighted by Gasteiger charge is -2.29. The third-order valence-corrected chi connectivity index (χ3v) is 6.22. The minimum absolute atomic E-state index is 0.117. The van der Waals surface area contributed by atoms with Gasteiger partial charge in [0.25, 0.3) is 5.91 Å². The van der Waals surface area contributed by atoms with Gasteiger partial charge in [-0.05, 0) is 73.6 Å². The first-order valence-electron chi connectivity index (χ1n) is 11.0. The van der Waals surface area contributed by atoms with E-state index in [0.717, 1.165) is 37.2 Å². The van der Waals surface area contributed by atoms with Gasteiger partial charge in [-0.2, -0.15) is 0 Å². The van der Waals surface area contributed by atoms with Crippen LogP contribution in [-0.2, 0) is 10.5 Å². The Balaban J connectivity index is 1.36. The summed E-state index contributed by atoms with van der Waals surface area (Å²) in [6.45, 7) is 2.19. The molecule has 8 nitrogen and oxygen atoms in total. The zero-order chi connectivity index (χ0) is 25.5. The molecule has 0 saturated carbocycles. The molecule has 2 aromatic heterocycles. The first kappa shape index (κ1) is 25.5. The highest BCUT2D eigenvalue weighted by Crippen LogP contribution is 2.27. The van der Waals surface area contributed by atoms with Gasteiger partial charge in [-0.3, -0.25) is 14.5 Å². The number of alkyl halides is 3. The van der Waals surface area contributed by atoms with Crippen LogP contribution >= 0.6 is 11.8 Å². The van der Waals surface area contributed by atoms with Crippen LogP contribution in [0.25, 0.3) is 0 Å². The van der Waals surface area contributed by atoms with E-state index in [1.54, 1.807) is 30.6 Å². The molecule has 2 N–H and O–H groups in total. The van der Waals surface area contributed by atoms with Crippen molar-refractivity contribution in [2.45, 2.75) is 23.6 Å². The highest BCUT2D eigenvalue weighted by Gasteiger charge is 2.31. The van der Waals surface area contributed by atoms with Crippen LogP contribution < -0.4 is 15.4 Å². The van der Waals surface area contributed by atoms with E-state index in [9.17, 15) is 22.8 Å². The van der Waals surface area contributed by atoms with Crippen molar-refractivity contribution in [1.29, 1.82) is 0 Å². The Bertz CT molecular complexity index is 1220. The third kappa shape index (κ3) is 7.43. The van der Waals surface area contributed by atoms with E-state index >= 15 is 0 Å². The second-order valence-corrected chi connectivity index (χ2v) is 8.86. The number of amides is 2. The summed E-state index contributed by atoms with van der Waals surface area (Å²) in [5.74, 6) is -0.0299. The van der Waals surface area contributed by atoms with E-state index in [4.69, 9.17) is 0 Å². The van der Waals surface area contributed by atoms with Crippen molar-refractivity contribution in [3.8, 4) is 5.75 Å². The summed E-state index contributed by atoms with van der Waals surface area (Å²) in [6, 6.07) is 11.7. The molecule has 0 unspecified atom stereocenters. The number of rotatable bonds is 9. The van der Waals surface area contributed by atoms with Gasteiger partial charge in [0.2, 0.25) is 5.91 Å². The molecule has 188 valence electrons. The van der Waals surface area contributed by atoms with Crippen molar-refractivity contribution in [3.05, 3.63) is 72.1 Å². The molecule has 1 fully saturated rings. The van der Waals surface area contributed by atoms with Gasteiger partial charge in [0.1, 0.15) is 16.6 Å². The van der Waals surface area contributed by atoms with E-state index in [1.807, 2.05) is 11.0 Å². The number of pyridine rings is 2. The molecule has 4 rings (SSSR count). The van der Waals surface area contributed by atoms with Crippen molar-refractivity contribution in [1.82, 2.24) is 14.9 Å². The maximum absolute atomic E-state index is 12.8. The summed E-state index contributed by atoms with van der Waals surface area (Å²) in [7, 11) is 0. The first-order chi connectivity index (χ1) is 17.2. The Morgan fingerprint density at radius 3 is 2.50 bits per heavy atom. The van der Waals surface area contributed by atoms with Gasteiger partial charge in [-0.15, -0.1) is 24.9 Å². The lowest BCUT2D eigenvalue weighted by Crippen LogP contribution is -2.42. The fourth-order valence-electron chi connectivity index (χ4n) is 3.33. The van der Waals surface area contributed by atoms with E-state index < -0.39 is 12.3 Å². The monoisotopic (exact) mass is 517 g/mol. The first-order valence-corrected chi connectivity index (χ1v) is 12.0. The molecule has 0 bridgehead atoms. The number of hydrogen-bond donors (Lipinski definition) is 2. The smallest absolute Gasteiger partial charge is 0.406 e. The van der Waals surface area contributed by atoms with Gasteiger partial charge < -0.3 is 15.4 Å². The molecule has 1 aliphatic heterocycles. The lowest BCUT2D eigenvalue weighted by atomic mass is 10.2. The Labute approximate surface area is 209 Å². The summed E-state index contributed by atoms with van der Waals surface area (Å²) >= 11 is 1.33. The minimum atomic E-state index is -4.79. The number of aromatic nitrogens is 2. The van der Waals surface area contributed by atoms with Crippen molar-refractivity contribution in [2.24, 2.45) is 0 Å². The summed E-state index contributed by atoms with van der Waals surface area (Å²) in [4.78, 5) is 35.5. The quantitative estimate of drug-likeness (QED) is 0.402. The number of carbonyl (C=O) groups is 2. The van der Waals surface area contributed by atoms with Crippen LogP contribution in [0.15, 0.2) is 66.0 Å². The summed E-state index contributed by atoms with van der Waals surface area (Å²) in [5.41, 5.74) is 1.50. The standard InChI is InChI=1S/C24H22F3N5O3S/c25-24(26,27)35-18-6-4-17(5-7-18)30-22(34)19-3-1-9-29-23(19)36-15-16-8-10-28-20(13-16)31-21(33)14-32-11-2-12-32/h1,3-10,13H,2,11-12,14-15H2,(H,30,34)(H,28,31,33). The second kappa shape index (κ2) is 11.4. The van der Waals surface area contributed by atoms with E-state index in [1.165, 1.54) is 23.9 Å². The molecule has 0 aliphatic carbocycles. The summed E-state index contributed by atoms with van der Waals surface area (Å²) in [6.07, 6.45) is -0.513. The Hall–Kier alpha value is -3.64. The third-order valence-electron chi connectivity index (χ3n) is 5.14. The molecule has 0 atom stereocenters. The number of anilines is 2. The molecule has 36 heavy (non-hydrogen) atoms. The molecule has 12 heteroatoms. The number of nitrogens with zero attached hydrogens (tertiary/aromatic N) is 3. The average molecular weight is 518 g/mol. The van der Waals surface area contributed by atoms with Gasteiger partial charge in [-0.25, -0.2) is 9.97 Å². The Kier molecular flexibility index (Phi) is 8.06. The highest BCUT2D eigenvalue weighted by atomic mass is 32.2. The van der Waals surface area contributed by atoms with Crippen LogP contribution in [0.3, 0.4) is 0 Å². The fraction of sp³-hybridized carbons (Fsp3) is 0.250. The second-order valence-electron chi connectivity index (χ2n) is 7.90. The molecular weight excluding hydrogens is 495 g/mol. The maximum atomic E-state index is 12.8. The van der Waals surface area contributed by atoms with Gasteiger partial charge in [0, 0.05) is 23.8 Å². The number of halogens is 3.